The number of hydrogen-bond donors (Lipinski definition) is 0. The standard InChI is InChI=1S/C18H16O/c1-2-7-14-12-16-15-8-5-4-6-13(15)10-11-18(16)19-17(14)9-3-1/h4-6,8-12H,1-3,7H2. The molecule has 0 amide bonds. The van der Waals surface area contributed by atoms with Gasteiger partial charge in [0.05, 0.1) is 0 Å². The first kappa shape index (κ1) is 10.9. The van der Waals surface area contributed by atoms with Gasteiger partial charge in [-0.25, -0.2) is 0 Å². The van der Waals surface area contributed by atoms with Crippen molar-refractivity contribution in [2.45, 2.75) is 25.7 Å². The van der Waals surface area contributed by atoms with Crippen molar-refractivity contribution in [3.05, 3.63) is 59.4 Å². The average Bonchev–Trinajstić information content (AvgIpc) is 2.69. The molecule has 0 N–H and O–H groups in total. The van der Waals surface area contributed by atoms with Crippen LogP contribution in [-0.4, -0.2) is 0 Å². The van der Waals surface area contributed by atoms with Crippen molar-refractivity contribution in [2.75, 3.05) is 0 Å². The molecule has 0 fully saturated rings. The Hall–Kier alpha value is -2.02. The first-order chi connectivity index (χ1) is 9.42. The summed E-state index contributed by atoms with van der Waals surface area (Å²) in [6, 6.07) is 12.8. The molecule has 0 saturated heterocycles. The van der Waals surface area contributed by atoms with Gasteiger partial charge in [0.1, 0.15) is 11.5 Å². The summed E-state index contributed by atoms with van der Waals surface area (Å²) in [6.45, 7) is 0. The van der Waals surface area contributed by atoms with E-state index in [-0.39, 0.29) is 0 Å². The molecule has 0 atom stereocenters. The van der Waals surface area contributed by atoms with E-state index in [1.165, 1.54) is 34.8 Å². The molecule has 19 heavy (non-hydrogen) atoms. The van der Waals surface area contributed by atoms with Crippen LogP contribution in [0.2, 0.25) is 0 Å². The lowest BCUT2D eigenvalue weighted by molar-refractivity contribution is 0.427. The molecule has 1 nitrogen and oxygen atoms in total. The van der Waals surface area contributed by atoms with Gasteiger partial charge < -0.3 is 4.74 Å². The second-order valence-corrected chi connectivity index (χ2v) is 5.28. The maximum atomic E-state index is 6.12. The largest absolute Gasteiger partial charge is 0.457 e. The highest BCUT2D eigenvalue weighted by molar-refractivity contribution is 5.94. The van der Waals surface area contributed by atoms with E-state index >= 15 is 0 Å². The van der Waals surface area contributed by atoms with Gasteiger partial charge in [0, 0.05) is 5.56 Å². The normalized spacial score (nSPS) is 17.7. The summed E-state index contributed by atoms with van der Waals surface area (Å²) in [7, 11) is 0. The Balaban J connectivity index is 1.96. The Morgan fingerprint density at radius 2 is 1.89 bits per heavy atom. The lowest BCUT2D eigenvalue weighted by Crippen LogP contribution is -2.05. The first-order valence-electron chi connectivity index (χ1n) is 7.02. The SMILES string of the molecule is C1=C2CCCCC=C2Oc2ccc3ccccc3c21. The Kier molecular flexibility index (Phi) is 2.44. The predicted molar refractivity (Wildman–Crippen MR) is 79.1 cm³/mol. The van der Waals surface area contributed by atoms with Gasteiger partial charge in [0.2, 0.25) is 0 Å². The number of allylic oxidation sites excluding steroid dienone is 2. The summed E-state index contributed by atoms with van der Waals surface area (Å²) in [6.07, 6.45) is 9.37. The van der Waals surface area contributed by atoms with Gasteiger partial charge in [0.15, 0.2) is 0 Å². The van der Waals surface area contributed by atoms with E-state index < -0.39 is 0 Å². The quantitative estimate of drug-likeness (QED) is 0.632. The van der Waals surface area contributed by atoms with E-state index in [0.29, 0.717) is 0 Å². The van der Waals surface area contributed by atoms with Gasteiger partial charge in [0.25, 0.3) is 0 Å². The van der Waals surface area contributed by atoms with Gasteiger partial charge in [-0.2, -0.15) is 0 Å². The van der Waals surface area contributed by atoms with Crippen LogP contribution in [0.25, 0.3) is 16.8 Å². The van der Waals surface area contributed by atoms with E-state index in [1.54, 1.807) is 0 Å². The topological polar surface area (TPSA) is 9.23 Å². The van der Waals surface area contributed by atoms with Gasteiger partial charge in [-0.15, -0.1) is 0 Å². The van der Waals surface area contributed by atoms with Crippen molar-refractivity contribution in [3.8, 4) is 5.75 Å². The lowest BCUT2D eigenvalue weighted by atomic mass is 9.97. The molecule has 2 aliphatic rings. The zero-order chi connectivity index (χ0) is 12.7. The molecule has 0 radical (unpaired) electrons. The molecule has 0 spiro atoms. The maximum absolute atomic E-state index is 6.12. The molecule has 0 saturated carbocycles. The zero-order valence-corrected chi connectivity index (χ0v) is 10.9. The van der Waals surface area contributed by atoms with Crippen LogP contribution in [0.1, 0.15) is 31.2 Å². The van der Waals surface area contributed by atoms with E-state index in [0.717, 1.165) is 24.4 Å². The molecule has 1 aliphatic heterocycles. The summed E-state index contributed by atoms with van der Waals surface area (Å²) in [4.78, 5) is 0. The van der Waals surface area contributed by atoms with E-state index in [1.807, 2.05) is 0 Å². The minimum absolute atomic E-state index is 0.996. The molecular weight excluding hydrogens is 232 g/mol. The summed E-state index contributed by atoms with van der Waals surface area (Å²) >= 11 is 0. The molecule has 94 valence electrons. The Morgan fingerprint density at radius 3 is 2.89 bits per heavy atom. The van der Waals surface area contributed by atoms with E-state index in [4.69, 9.17) is 4.74 Å². The van der Waals surface area contributed by atoms with Crippen LogP contribution in [0, 0.1) is 0 Å². The molecule has 0 unspecified atom stereocenters. The van der Waals surface area contributed by atoms with Crippen LogP contribution in [0.15, 0.2) is 53.8 Å². The van der Waals surface area contributed by atoms with Gasteiger partial charge in [-0.3, -0.25) is 0 Å². The minimum atomic E-state index is 0.996. The monoisotopic (exact) mass is 248 g/mol. The number of rotatable bonds is 0. The van der Waals surface area contributed by atoms with Gasteiger partial charge in [-0.05, 0) is 60.2 Å². The third-order valence-electron chi connectivity index (χ3n) is 4.02. The molecule has 1 heterocycles. The second kappa shape index (κ2) is 4.27. The summed E-state index contributed by atoms with van der Waals surface area (Å²) in [5.41, 5.74) is 2.61. The summed E-state index contributed by atoms with van der Waals surface area (Å²) in [5, 5.41) is 2.57. The predicted octanol–water partition coefficient (Wildman–Crippen LogP) is 5.07. The minimum Gasteiger partial charge on any atom is -0.457 e. The lowest BCUT2D eigenvalue weighted by Gasteiger charge is -2.21. The van der Waals surface area contributed by atoms with Gasteiger partial charge >= 0.3 is 0 Å². The van der Waals surface area contributed by atoms with Crippen molar-refractivity contribution < 1.29 is 4.74 Å². The van der Waals surface area contributed by atoms with Crippen molar-refractivity contribution in [2.24, 2.45) is 0 Å². The molecule has 1 heteroatoms. The number of benzene rings is 2. The number of fused-ring (bicyclic) bond motifs is 4. The molecular formula is C18H16O. The van der Waals surface area contributed by atoms with Crippen LogP contribution in [0.4, 0.5) is 0 Å². The van der Waals surface area contributed by atoms with Gasteiger partial charge in [-0.1, -0.05) is 30.3 Å². The van der Waals surface area contributed by atoms with E-state index in [2.05, 4.69) is 48.6 Å². The summed E-state index contributed by atoms with van der Waals surface area (Å²) in [5.74, 6) is 2.08. The molecule has 4 rings (SSSR count). The Labute approximate surface area is 113 Å². The maximum Gasteiger partial charge on any atom is 0.135 e. The molecule has 2 aromatic rings. The molecule has 0 aromatic heterocycles. The van der Waals surface area contributed by atoms with Crippen LogP contribution in [0.5, 0.6) is 5.75 Å². The third kappa shape index (κ3) is 1.77. The third-order valence-corrected chi connectivity index (χ3v) is 4.02. The fourth-order valence-corrected chi connectivity index (χ4v) is 3.00. The highest BCUT2D eigenvalue weighted by Crippen LogP contribution is 2.39. The second-order valence-electron chi connectivity index (χ2n) is 5.28. The fraction of sp³-hybridized carbons (Fsp3) is 0.222. The molecule has 0 bridgehead atoms. The summed E-state index contributed by atoms with van der Waals surface area (Å²) < 4.78 is 6.12. The van der Waals surface area contributed by atoms with Crippen LogP contribution < -0.4 is 4.74 Å². The number of hydrogen-bond acceptors (Lipinski definition) is 1. The van der Waals surface area contributed by atoms with Crippen molar-refractivity contribution in [3.63, 3.8) is 0 Å². The highest BCUT2D eigenvalue weighted by Gasteiger charge is 2.19. The fourth-order valence-electron chi connectivity index (χ4n) is 3.00. The van der Waals surface area contributed by atoms with Crippen molar-refractivity contribution >= 4 is 16.8 Å². The van der Waals surface area contributed by atoms with E-state index in [9.17, 15) is 0 Å². The smallest absolute Gasteiger partial charge is 0.135 e. The van der Waals surface area contributed by atoms with Crippen LogP contribution in [-0.2, 0) is 0 Å². The Morgan fingerprint density at radius 1 is 0.947 bits per heavy atom. The molecule has 1 aliphatic carbocycles. The van der Waals surface area contributed by atoms with Crippen LogP contribution >= 0.6 is 0 Å². The van der Waals surface area contributed by atoms with Crippen molar-refractivity contribution in [1.82, 2.24) is 0 Å². The zero-order valence-electron chi connectivity index (χ0n) is 10.9. The highest BCUT2D eigenvalue weighted by atomic mass is 16.5. The van der Waals surface area contributed by atoms with Crippen molar-refractivity contribution in [1.29, 1.82) is 0 Å². The number of ether oxygens (including phenoxy) is 1. The molecule has 2 aromatic carbocycles. The van der Waals surface area contributed by atoms with Crippen LogP contribution in [0.3, 0.4) is 0 Å². The first-order valence-corrected chi connectivity index (χ1v) is 7.02. The average molecular weight is 248 g/mol. The Bertz CT molecular complexity index is 707.